The van der Waals surface area contributed by atoms with E-state index in [9.17, 15) is 19.5 Å². The first-order valence-electron chi connectivity index (χ1n) is 6.05. The van der Waals surface area contributed by atoms with E-state index in [0.29, 0.717) is 5.56 Å². The molecule has 8 heteroatoms. The van der Waals surface area contributed by atoms with Gasteiger partial charge in [0, 0.05) is 12.6 Å². The first-order valence-corrected chi connectivity index (χ1v) is 6.05. The molecule has 1 amide bonds. The summed E-state index contributed by atoms with van der Waals surface area (Å²) in [5, 5.41) is 20.6. The van der Waals surface area contributed by atoms with Crippen LogP contribution in [0.3, 0.4) is 0 Å². The fourth-order valence-electron chi connectivity index (χ4n) is 1.76. The van der Waals surface area contributed by atoms with Gasteiger partial charge in [0.15, 0.2) is 0 Å². The highest BCUT2D eigenvalue weighted by Crippen LogP contribution is 2.11. The summed E-state index contributed by atoms with van der Waals surface area (Å²) in [5.41, 5.74) is 0.0468. The van der Waals surface area contributed by atoms with Crippen LogP contribution in [0.1, 0.15) is 16.1 Å². The Kier molecular flexibility index (Phi) is 4.07. The van der Waals surface area contributed by atoms with E-state index in [1.54, 1.807) is 12.1 Å². The molecule has 1 aromatic heterocycles. The van der Waals surface area contributed by atoms with Crippen molar-refractivity contribution in [3.8, 4) is 5.75 Å². The summed E-state index contributed by atoms with van der Waals surface area (Å²) >= 11 is 0. The van der Waals surface area contributed by atoms with Crippen LogP contribution < -0.4 is 11.0 Å². The fraction of sp³-hybridized carbons (Fsp3) is 0.154. The van der Waals surface area contributed by atoms with Crippen molar-refractivity contribution in [2.24, 2.45) is 0 Å². The number of hydrogen-bond acceptors (Lipinski definition) is 4. The summed E-state index contributed by atoms with van der Waals surface area (Å²) in [6.07, 6.45) is 1.22. The number of phenols is 1. The molecular weight excluding hydrogens is 278 g/mol. The van der Waals surface area contributed by atoms with Gasteiger partial charge in [0.1, 0.15) is 17.5 Å². The maximum Gasteiger partial charge on any atom is 0.326 e. The van der Waals surface area contributed by atoms with Gasteiger partial charge in [-0.05, 0) is 17.7 Å². The number of carbonyl (C=O) groups is 2. The Balaban J connectivity index is 2.09. The van der Waals surface area contributed by atoms with Gasteiger partial charge >= 0.3 is 11.7 Å². The van der Waals surface area contributed by atoms with E-state index in [1.807, 2.05) is 0 Å². The largest absolute Gasteiger partial charge is 0.508 e. The molecule has 2 aromatic rings. The number of aromatic nitrogens is 2. The first-order chi connectivity index (χ1) is 9.95. The molecule has 1 aromatic carbocycles. The number of amides is 1. The Labute approximate surface area is 118 Å². The predicted molar refractivity (Wildman–Crippen MR) is 72.1 cm³/mol. The van der Waals surface area contributed by atoms with Gasteiger partial charge < -0.3 is 25.5 Å². The number of aliphatic carboxylic acids is 1. The zero-order valence-corrected chi connectivity index (χ0v) is 10.8. The molecule has 1 unspecified atom stereocenters. The molecule has 110 valence electrons. The molecule has 0 spiro atoms. The summed E-state index contributed by atoms with van der Waals surface area (Å²) in [5.74, 6) is -1.83. The van der Waals surface area contributed by atoms with Crippen LogP contribution in [-0.4, -0.2) is 38.1 Å². The number of carboxylic acid groups (broad SMARTS) is 1. The van der Waals surface area contributed by atoms with Crippen LogP contribution in [0.5, 0.6) is 5.75 Å². The first kappa shape index (κ1) is 14.4. The van der Waals surface area contributed by atoms with Gasteiger partial charge in [-0.25, -0.2) is 9.59 Å². The molecule has 0 aliphatic rings. The van der Waals surface area contributed by atoms with Gasteiger partial charge in [-0.15, -0.1) is 0 Å². The lowest BCUT2D eigenvalue weighted by atomic mass is 10.1. The highest BCUT2D eigenvalue weighted by atomic mass is 16.4. The minimum absolute atomic E-state index is 0.0445. The lowest BCUT2D eigenvalue weighted by Gasteiger charge is -2.14. The Morgan fingerprint density at radius 3 is 2.43 bits per heavy atom. The molecule has 0 radical (unpaired) electrons. The van der Waals surface area contributed by atoms with E-state index in [4.69, 9.17) is 5.11 Å². The van der Waals surface area contributed by atoms with Crippen molar-refractivity contribution >= 4 is 11.9 Å². The highest BCUT2D eigenvalue weighted by molar-refractivity contribution is 5.94. The third kappa shape index (κ3) is 3.72. The fourth-order valence-corrected chi connectivity index (χ4v) is 1.76. The molecule has 0 saturated heterocycles. The van der Waals surface area contributed by atoms with Gasteiger partial charge in [0.25, 0.3) is 5.91 Å². The predicted octanol–water partition coefficient (Wildman–Crippen LogP) is -0.166. The second-order valence-corrected chi connectivity index (χ2v) is 4.39. The van der Waals surface area contributed by atoms with Crippen molar-refractivity contribution < 1.29 is 19.8 Å². The van der Waals surface area contributed by atoms with Gasteiger partial charge in [-0.2, -0.15) is 0 Å². The number of nitrogens with one attached hydrogen (secondary N) is 3. The molecule has 1 heterocycles. The second-order valence-electron chi connectivity index (χ2n) is 4.39. The maximum atomic E-state index is 11.8. The van der Waals surface area contributed by atoms with Gasteiger partial charge in [0.2, 0.25) is 0 Å². The van der Waals surface area contributed by atoms with Crippen LogP contribution in [0.15, 0.2) is 35.3 Å². The quantitative estimate of drug-likeness (QED) is 0.521. The number of aromatic hydroxyl groups is 1. The average molecular weight is 291 g/mol. The molecule has 0 saturated carbocycles. The van der Waals surface area contributed by atoms with Gasteiger partial charge in [0.05, 0.1) is 0 Å². The lowest BCUT2D eigenvalue weighted by molar-refractivity contribution is -0.139. The van der Waals surface area contributed by atoms with E-state index < -0.39 is 23.6 Å². The van der Waals surface area contributed by atoms with E-state index in [0.717, 1.165) is 6.20 Å². The number of carboxylic acids is 1. The lowest BCUT2D eigenvalue weighted by Crippen LogP contribution is -2.42. The Hall–Kier alpha value is -3.03. The number of aromatic amines is 2. The van der Waals surface area contributed by atoms with Crippen molar-refractivity contribution in [1.29, 1.82) is 0 Å². The van der Waals surface area contributed by atoms with Crippen molar-refractivity contribution in [2.45, 2.75) is 12.5 Å². The number of imidazole rings is 1. The molecule has 21 heavy (non-hydrogen) atoms. The Bertz CT molecular complexity index is 701. The van der Waals surface area contributed by atoms with Crippen LogP contribution in [-0.2, 0) is 11.2 Å². The molecule has 8 nitrogen and oxygen atoms in total. The van der Waals surface area contributed by atoms with Gasteiger partial charge in [-0.3, -0.25) is 4.79 Å². The number of H-pyrrole nitrogens is 2. The summed E-state index contributed by atoms with van der Waals surface area (Å²) < 4.78 is 0. The average Bonchev–Trinajstić information content (AvgIpc) is 2.87. The smallest absolute Gasteiger partial charge is 0.326 e. The van der Waals surface area contributed by atoms with Crippen molar-refractivity contribution in [2.75, 3.05) is 0 Å². The minimum atomic E-state index is -1.20. The minimum Gasteiger partial charge on any atom is -0.508 e. The van der Waals surface area contributed by atoms with Crippen molar-refractivity contribution in [3.05, 3.63) is 52.2 Å². The molecule has 0 aliphatic heterocycles. The Morgan fingerprint density at radius 1 is 1.24 bits per heavy atom. The number of carbonyl (C=O) groups excluding carboxylic acids is 1. The topological polar surface area (TPSA) is 135 Å². The third-order valence-corrected chi connectivity index (χ3v) is 2.82. The summed E-state index contributed by atoms with van der Waals surface area (Å²) in [6, 6.07) is 4.84. The zero-order valence-electron chi connectivity index (χ0n) is 10.8. The van der Waals surface area contributed by atoms with Crippen LogP contribution >= 0.6 is 0 Å². The van der Waals surface area contributed by atoms with Gasteiger partial charge in [-0.1, -0.05) is 12.1 Å². The normalized spacial score (nSPS) is 11.8. The second kappa shape index (κ2) is 5.95. The third-order valence-electron chi connectivity index (χ3n) is 2.82. The maximum absolute atomic E-state index is 11.8. The van der Waals surface area contributed by atoms with Crippen molar-refractivity contribution in [1.82, 2.24) is 15.3 Å². The standard InChI is InChI=1S/C13H13N3O5/c17-8-3-1-7(2-4-8)5-9(12(19)20)15-11(18)10-6-14-13(21)16-10/h1-4,6,9,17H,5H2,(H,15,18)(H,19,20)(H2,14,16,21). The van der Waals surface area contributed by atoms with Crippen LogP contribution in [0, 0.1) is 0 Å². The number of phenolic OH excluding ortho intramolecular Hbond substituents is 1. The van der Waals surface area contributed by atoms with Crippen LogP contribution in [0.4, 0.5) is 0 Å². The van der Waals surface area contributed by atoms with E-state index in [1.165, 1.54) is 12.1 Å². The molecule has 2 rings (SSSR count). The summed E-state index contributed by atoms with van der Waals surface area (Å²) in [7, 11) is 0. The highest BCUT2D eigenvalue weighted by Gasteiger charge is 2.21. The summed E-state index contributed by atoms with van der Waals surface area (Å²) in [6.45, 7) is 0. The van der Waals surface area contributed by atoms with E-state index in [-0.39, 0.29) is 17.9 Å². The SMILES string of the molecule is O=C(NC(Cc1ccc(O)cc1)C(=O)O)c1c[nH]c(=O)[nH]1. The van der Waals surface area contributed by atoms with E-state index >= 15 is 0 Å². The molecule has 0 fully saturated rings. The summed E-state index contributed by atoms with van der Waals surface area (Å²) in [4.78, 5) is 38.4. The molecule has 0 aliphatic carbocycles. The van der Waals surface area contributed by atoms with Crippen molar-refractivity contribution in [3.63, 3.8) is 0 Å². The monoisotopic (exact) mass is 291 g/mol. The molecule has 5 N–H and O–H groups in total. The molecule has 1 atom stereocenters. The number of benzene rings is 1. The number of hydrogen-bond donors (Lipinski definition) is 5. The zero-order chi connectivity index (χ0) is 15.4. The Morgan fingerprint density at radius 2 is 1.90 bits per heavy atom. The van der Waals surface area contributed by atoms with Crippen LogP contribution in [0.25, 0.3) is 0 Å². The number of rotatable bonds is 5. The van der Waals surface area contributed by atoms with E-state index in [2.05, 4.69) is 15.3 Å². The van der Waals surface area contributed by atoms with Crippen LogP contribution in [0.2, 0.25) is 0 Å². The molecular formula is C13H13N3O5. The molecule has 0 bridgehead atoms.